The van der Waals surface area contributed by atoms with Gasteiger partial charge in [0.2, 0.25) is 11.1 Å². The molecule has 3 aromatic carbocycles. The van der Waals surface area contributed by atoms with Crippen LogP contribution in [0.25, 0.3) is 34.1 Å². The van der Waals surface area contributed by atoms with E-state index in [0.29, 0.717) is 18.8 Å². The van der Waals surface area contributed by atoms with E-state index in [1.807, 2.05) is 102 Å². The van der Waals surface area contributed by atoms with Crippen molar-refractivity contribution < 1.29 is 34.9 Å². The SMILES string of the molecule is Cc1ccc2c(c1)N(CCCS(=O)(=O)O)C(=CC=c1c(=O)oc(=CC=Cc3sc4ccc(C)cc4[n+]3CCCS(=O)(=O)O)n1-c1ccccc1)S2. The van der Waals surface area contributed by atoms with E-state index in [1.165, 1.54) is 23.1 Å². The van der Waals surface area contributed by atoms with Crippen LogP contribution in [0.15, 0.2) is 98.0 Å². The first-order chi connectivity index (χ1) is 24.3. The minimum atomic E-state index is -4.12. The Morgan fingerprint density at radius 1 is 0.863 bits per heavy atom. The summed E-state index contributed by atoms with van der Waals surface area (Å²) in [5, 5.41) is 1.91. The molecule has 1 aliphatic rings. The number of hydrogen-bond donors (Lipinski definition) is 2. The molecule has 2 N–H and O–H groups in total. The number of para-hydroxylation sites is 1. The summed E-state index contributed by atoms with van der Waals surface area (Å²) in [4.78, 5) is 16.4. The average Bonchev–Trinajstić information content (AvgIpc) is 3.69. The number of anilines is 1. The highest BCUT2D eigenvalue weighted by molar-refractivity contribution is 8.03. The summed E-state index contributed by atoms with van der Waals surface area (Å²) in [7, 11) is -8.22. The largest absolute Gasteiger partial charge is 0.404 e. The molecule has 15 heteroatoms. The zero-order valence-corrected chi connectivity index (χ0v) is 31.1. The molecule has 0 aliphatic carbocycles. The third-order valence-electron chi connectivity index (χ3n) is 8.08. The lowest BCUT2D eigenvalue weighted by Gasteiger charge is -2.20. The third kappa shape index (κ3) is 8.98. The summed E-state index contributed by atoms with van der Waals surface area (Å²) in [6.07, 6.45) is 9.29. The molecule has 11 nitrogen and oxygen atoms in total. The maximum Gasteiger partial charge on any atom is 0.362 e. The van der Waals surface area contributed by atoms with Crippen molar-refractivity contribution in [1.29, 1.82) is 0 Å². The van der Waals surface area contributed by atoms with E-state index in [9.17, 15) is 30.7 Å². The Morgan fingerprint density at radius 3 is 2.31 bits per heavy atom. The quantitative estimate of drug-likeness (QED) is 0.134. The molecule has 0 atom stereocenters. The highest BCUT2D eigenvalue weighted by Crippen LogP contribution is 2.46. The number of fused-ring (bicyclic) bond motifs is 2. The molecule has 0 spiro atoms. The van der Waals surface area contributed by atoms with Crippen LogP contribution in [-0.2, 0) is 26.8 Å². The second-order valence-electron chi connectivity index (χ2n) is 12.0. The molecule has 0 unspecified atom stereocenters. The van der Waals surface area contributed by atoms with Crippen molar-refractivity contribution in [1.82, 2.24) is 4.57 Å². The molecule has 0 saturated carbocycles. The number of oxazole rings is 1. The van der Waals surface area contributed by atoms with Gasteiger partial charge in [0, 0.05) is 35.7 Å². The van der Waals surface area contributed by atoms with Gasteiger partial charge >= 0.3 is 5.63 Å². The van der Waals surface area contributed by atoms with Crippen LogP contribution in [0.4, 0.5) is 5.69 Å². The molecule has 1 aliphatic heterocycles. The highest BCUT2D eigenvalue weighted by Gasteiger charge is 2.25. The molecular formula is C36H36N3O8S4+. The van der Waals surface area contributed by atoms with Gasteiger partial charge in [-0.05, 0) is 86.0 Å². The summed E-state index contributed by atoms with van der Waals surface area (Å²) in [5.74, 6) is -0.721. The summed E-state index contributed by atoms with van der Waals surface area (Å²) >= 11 is 3.04. The Balaban J connectivity index is 1.40. The van der Waals surface area contributed by atoms with Crippen molar-refractivity contribution in [2.75, 3.05) is 23.0 Å². The third-order valence-corrected chi connectivity index (χ3v) is 12.0. The van der Waals surface area contributed by atoms with Crippen LogP contribution in [0.3, 0.4) is 0 Å². The summed E-state index contributed by atoms with van der Waals surface area (Å²) in [5.41, 5.74) is 4.41. The number of allylic oxidation sites excluding steroid dienone is 2. The van der Waals surface area contributed by atoms with Gasteiger partial charge in [0.05, 0.1) is 22.2 Å². The second kappa shape index (κ2) is 15.2. The van der Waals surface area contributed by atoms with Crippen molar-refractivity contribution in [2.24, 2.45) is 0 Å². The van der Waals surface area contributed by atoms with Gasteiger partial charge in [0.15, 0.2) is 6.54 Å². The van der Waals surface area contributed by atoms with E-state index < -0.39 is 25.9 Å². The van der Waals surface area contributed by atoms with Crippen molar-refractivity contribution in [2.45, 2.75) is 38.1 Å². The van der Waals surface area contributed by atoms with Crippen LogP contribution >= 0.6 is 23.1 Å². The topological polar surface area (TPSA) is 151 Å². The van der Waals surface area contributed by atoms with Crippen LogP contribution in [0.1, 0.15) is 29.0 Å². The summed E-state index contributed by atoms with van der Waals surface area (Å²) < 4.78 is 74.8. The normalized spacial score (nSPS) is 15.2. The van der Waals surface area contributed by atoms with Crippen LogP contribution in [0.5, 0.6) is 0 Å². The molecular weight excluding hydrogens is 731 g/mol. The van der Waals surface area contributed by atoms with Gasteiger partial charge in [-0.1, -0.05) is 53.4 Å². The van der Waals surface area contributed by atoms with E-state index in [0.717, 1.165) is 42.0 Å². The summed E-state index contributed by atoms with van der Waals surface area (Å²) in [6, 6.07) is 21.4. The average molecular weight is 767 g/mol. The predicted molar refractivity (Wildman–Crippen MR) is 203 cm³/mol. The predicted octanol–water partition coefficient (Wildman–Crippen LogP) is 4.83. The van der Waals surface area contributed by atoms with Gasteiger partial charge in [-0.15, -0.1) is 0 Å². The van der Waals surface area contributed by atoms with E-state index in [2.05, 4.69) is 0 Å². The van der Waals surface area contributed by atoms with Gasteiger partial charge in [0.25, 0.3) is 25.2 Å². The number of aromatic nitrogens is 2. The zero-order chi connectivity index (χ0) is 36.3. The van der Waals surface area contributed by atoms with Crippen molar-refractivity contribution in [3.63, 3.8) is 0 Å². The van der Waals surface area contributed by atoms with Gasteiger partial charge in [0.1, 0.15) is 10.0 Å². The first-order valence-corrected chi connectivity index (χ1v) is 20.9. The maximum atomic E-state index is 13.4. The van der Waals surface area contributed by atoms with Crippen molar-refractivity contribution in [3.05, 3.63) is 121 Å². The van der Waals surface area contributed by atoms with E-state index in [4.69, 9.17) is 4.42 Å². The molecule has 0 fully saturated rings. The Labute approximate surface area is 303 Å². The lowest BCUT2D eigenvalue weighted by molar-refractivity contribution is -0.668. The van der Waals surface area contributed by atoms with Gasteiger partial charge in [-0.25, -0.2) is 4.79 Å². The minimum Gasteiger partial charge on any atom is -0.404 e. The number of aryl methyl sites for hydroxylation is 3. The number of rotatable bonds is 12. The fourth-order valence-electron chi connectivity index (χ4n) is 5.80. The molecule has 51 heavy (non-hydrogen) atoms. The number of thioether (sulfide) groups is 1. The molecule has 6 rings (SSSR count). The number of benzene rings is 3. The first kappa shape index (κ1) is 36.5. The lowest BCUT2D eigenvalue weighted by atomic mass is 10.2. The van der Waals surface area contributed by atoms with Crippen molar-refractivity contribution in [3.8, 4) is 5.69 Å². The van der Waals surface area contributed by atoms with Gasteiger partial charge in [-0.2, -0.15) is 21.4 Å². The molecule has 2 aromatic heterocycles. The Hall–Kier alpha value is -4.25. The molecule has 0 saturated heterocycles. The minimum absolute atomic E-state index is 0.206. The van der Waals surface area contributed by atoms with Crippen molar-refractivity contribution >= 4 is 77.5 Å². The maximum absolute atomic E-state index is 13.4. The monoisotopic (exact) mass is 766 g/mol. The van der Waals surface area contributed by atoms with E-state index in [-0.39, 0.29) is 35.2 Å². The number of hydrogen-bond acceptors (Lipinski definition) is 9. The lowest BCUT2D eigenvalue weighted by Crippen LogP contribution is -2.36. The highest BCUT2D eigenvalue weighted by atomic mass is 32.2. The zero-order valence-electron chi connectivity index (χ0n) is 27.8. The van der Waals surface area contributed by atoms with E-state index >= 15 is 0 Å². The Kier molecular flexibility index (Phi) is 10.9. The van der Waals surface area contributed by atoms with Crippen LogP contribution < -0.4 is 26.0 Å². The second-order valence-corrected chi connectivity index (χ2v) is 17.3. The molecule has 0 radical (unpaired) electrons. The summed E-state index contributed by atoms with van der Waals surface area (Å²) in [6.45, 7) is 4.68. The van der Waals surface area contributed by atoms with Crippen LogP contribution in [0, 0.1) is 13.8 Å². The smallest absolute Gasteiger partial charge is 0.362 e. The molecule has 3 heterocycles. The van der Waals surface area contributed by atoms with E-state index in [1.54, 1.807) is 22.8 Å². The molecule has 0 bridgehead atoms. The Morgan fingerprint density at radius 2 is 1.57 bits per heavy atom. The Bertz CT molecular complexity index is 2570. The van der Waals surface area contributed by atoms with Gasteiger partial charge < -0.3 is 9.32 Å². The number of thiazole rings is 1. The van der Waals surface area contributed by atoms with Crippen LogP contribution in [0.2, 0.25) is 0 Å². The molecule has 5 aromatic rings. The molecule has 266 valence electrons. The first-order valence-electron chi connectivity index (χ1n) is 16.0. The van der Waals surface area contributed by atoms with Crippen LogP contribution in [-0.4, -0.2) is 48.6 Å². The molecule has 0 amide bonds. The standard InChI is InChI=1S/C36H35N3O8S4/c1-25-13-16-31-29(23-25)37(19-7-21-50(41,42)43)34(48-31)12-6-11-33-39(27-9-4-3-5-10-27)28(36(40)47-33)15-18-35-38(20-8-22-51(44,45)46)30-24-26(2)14-17-32(30)49-35/h3-6,9-18,23-24H,7-8,19-22H2,1-2H3,(H-,41,42,43,44,45,46)/p+1. The fraction of sp³-hybridized carbons (Fsp3) is 0.222. The van der Waals surface area contributed by atoms with Gasteiger partial charge in [-0.3, -0.25) is 13.7 Å². The number of nitrogens with zero attached hydrogens (tertiary/aromatic N) is 3. The fourth-order valence-corrected chi connectivity index (χ4v) is 8.94.